The van der Waals surface area contributed by atoms with Gasteiger partial charge in [-0.3, -0.25) is 0 Å². The van der Waals surface area contributed by atoms with E-state index in [9.17, 15) is 0 Å². The minimum Gasteiger partial charge on any atom is -0.396 e. The second-order valence-electron chi connectivity index (χ2n) is 4.90. The van der Waals surface area contributed by atoms with Crippen molar-refractivity contribution in [2.24, 2.45) is 17.6 Å². The van der Waals surface area contributed by atoms with Crippen LogP contribution in [-0.4, -0.2) is 46.9 Å². The zero-order valence-corrected chi connectivity index (χ0v) is 11.9. The van der Waals surface area contributed by atoms with E-state index in [2.05, 4.69) is 6.92 Å². The number of hydrogen-bond acceptors (Lipinski definition) is 5. The molecule has 5 nitrogen and oxygen atoms in total. The highest BCUT2D eigenvalue weighted by atomic mass is 28.4. The maximum Gasteiger partial charge on any atom is 0.501 e. The number of aliphatic hydroxyl groups is 1. The van der Waals surface area contributed by atoms with E-state index < -0.39 is 8.80 Å². The normalized spacial score (nSPS) is 31.4. The summed E-state index contributed by atoms with van der Waals surface area (Å²) in [4.78, 5) is 0. The molecule has 1 aliphatic heterocycles. The molecule has 17 heavy (non-hydrogen) atoms. The lowest BCUT2D eigenvalue weighted by Gasteiger charge is -2.36. The second-order valence-corrected chi connectivity index (χ2v) is 7.63. The fraction of sp³-hybridized carbons (Fsp3) is 1.00. The molecular formula is C11H25NO4Si. The molecule has 0 saturated carbocycles. The zero-order valence-electron chi connectivity index (χ0n) is 10.9. The average Bonchev–Trinajstić information content (AvgIpc) is 2.36. The zero-order chi connectivity index (χ0) is 12.7. The molecule has 3 N–H and O–H groups in total. The van der Waals surface area contributed by atoms with E-state index in [0.717, 1.165) is 12.5 Å². The van der Waals surface area contributed by atoms with Gasteiger partial charge in [0.25, 0.3) is 0 Å². The van der Waals surface area contributed by atoms with Gasteiger partial charge in [-0.05, 0) is 13.0 Å². The Hall–Kier alpha value is 0.0169. The van der Waals surface area contributed by atoms with Crippen LogP contribution in [0.3, 0.4) is 0 Å². The van der Waals surface area contributed by atoms with Crippen LogP contribution in [0.4, 0.5) is 0 Å². The smallest absolute Gasteiger partial charge is 0.396 e. The first-order valence-electron chi connectivity index (χ1n) is 6.34. The molecule has 0 spiro atoms. The Bertz CT molecular complexity index is 204. The van der Waals surface area contributed by atoms with Crippen molar-refractivity contribution in [2.75, 3.05) is 33.0 Å². The molecule has 1 aliphatic rings. The molecule has 0 amide bonds. The van der Waals surface area contributed by atoms with Crippen LogP contribution >= 0.6 is 0 Å². The van der Waals surface area contributed by atoms with Gasteiger partial charge < -0.3 is 24.1 Å². The van der Waals surface area contributed by atoms with Crippen LogP contribution in [0.15, 0.2) is 0 Å². The summed E-state index contributed by atoms with van der Waals surface area (Å²) in [7, 11) is -2.52. The van der Waals surface area contributed by atoms with Gasteiger partial charge in [0.15, 0.2) is 0 Å². The fourth-order valence-corrected chi connectivity index (χ4v) is 4.50. The lowest BCUT2D eigenvalue weighted by atomic mass is 10.2. The first kappa shape index (κ1) is 15.1. The molecule has 1 saturated heterocycles. The Labute approximate surface area is 105 Å². The summed E-state index contributed by atoms with van der Waals surface area (Å²) in [5, 5.41) is 9.00. The molecule has 0 aliphatic carbocycles. The van der Waals surface area contributed by atoms with Crippen LogP contribution in [0.2, 0.25) is 6.04 Å². The maximum atomic E-state index is 9.00. The van der Waals surface area contributed by atoms with Gasteiger partial charge in [-0.15, -0.1) is 0 Å². The fourth-order valence-electron chi connectivity index (χ4n) is 1.57. The topological polar surface area (TPSA) is 73.9 Å². The van der Waals surface area contributed by atoms with E-state index in [-0.39, 0.29) is 12.5 Å². The molecule has 102 valence electrons. The van der Waals surface area contributed by atoms with E-state index in [1.165, 1.54) is 0 Å². The molecule has 1 heterocycles. The standard InChI is InChI=1S/C11H25NO4Si/c1-10(6-13)7-14-17(5-3-4-12)15-8-11(2)9-16-17/h10-11,13H,3-9,12H2,1-2H3. The summed E-state index contributed by atoms with van der Waals surface area (Å²) in [6.45, 7) is 6.66. The number of hydrogen-bond donors (Lipinski definition) is 2. The van der Waals surface area contributed by atoms with Crippen molar-refractivity contribution in [1.82, 2.24) is 0 Å². The Morgan fingerprint density at radius 2 is 2.12 bits per heavy atom. The molecule has 1 unspecified atom stereocenters. The summed E-state index contributed by atoms with van der Waals surface area (Å²) in [6, 6.07) is 0.772. The van der Waals surface area contributed by atoms with E-state index in [4.69, 9.17) is 24.1 Å². The first-order chi connectivity index (χ1) is 8.12. The highest BCUT2D eigenvalue weighted by Crippen LogP contribution is 2.24. The molecule has 0 aromatic heterocycles. The van der Waals surface area contributed by atoms with Gasteiger partial charge in [-0.25, -0.2) is 0 Å². The largest absolute Gasteiger partial charge is 0.501 e. The highest BCUT2D eigenvalue weighted by Gasteiger charge is 2.44. The third kappa shape index (κ3) is 5.03. The molecule has 0 aromatic carbocycles. The predicted molar refractivity (Wildman–Crippen MR) is 67.5 cm³/mol. The van der Waals surface area contributed by atoms with E-state index in [1.54, 1.807) is 0 Å². The van der Waals surface area contributed by atoms with Crippen LogP contribution < -0.4 is 5.73 Å². The average molecular weight is 263 g/mol. The van der Waals surface area contributed by atoms with E-state index in [0.29, 0.717) is 32.3 Å². The summed E-state index contributed by atoms with van der Waals surface area (Å²) in [5.74, 6) is 0.538. The molecule has 0 bridgehead atoms. The van der Waals surface area contributed by atoms with Crippen molar-refractivity contribution < 1.29 is 18.4 Å². The van der Waals surface area contributed by atoms with Crippen molar-refractivity contribution >= 4 is 8.80 Å². The molecule has 0 aromatic rings. The molecular weight excluding hydrogens is 238 g/mol. The Kier molecular flexibility index (Phi) is 6.61. The van der Waals surface area contributed by atoms with E-state index >= 15 is 0 Å². The third-order valence-corrected chi connectivity index (χ3v) is 5.55. The molecule has 6 heteroatoms. The second kappa shape index (κ2) is 7.45. The summed E-state index contributed by atoms with van der Waals surface area (Å²) >= 11 is 0. The van der Waals surface area contributed by atoms with Crippen LogP contribution in [0.1, 0.15) is 20.3 Å². The van der Waals surface area contributed by atoms with Crippen molar-refractivity contribution in [1.29, 1.82) is 0 Å². The van der Waals surface area contributed by atoms with Gasteiger partial charge in [-0.2, -0.15) is 0 Å². The van der Waals surface area contributed by atoms with Crippen molar-refractivity contribution in [3.05, 3.63) is 0 Å². The van der Waals surface area contributed by atoms with Crippen LogP contribution in [0.25, 0.3) is 0 Å². The molecule has 1 rings (SSSR count). The van der Waals surface area contributed by atoms with Gasteiger partial charge >= 0.3 is 8.80 Å². The summed E-state index contributed by atoms with van der Waals surface area (Å²) in [5.41, 5.74) is 5.53. The van der Waals surface area contributed by atoms with Crippen LogP contribution in [-0.2, 0) is 13.3 Å². The van der Waals surface area contributed by atoms with Gasteiger partial charge in [0.1, 0.15) is 0 Å². The minimum absolute atomic E-state index is 0.115. The van der Waals surface area contributed by atoms with Gasteiger partial charge in [0, 0.05) is 44.3 Å². The summed E-state index contributed by atoms with van der Waals surface area (Å²) < 4.78 is 17.5. The van der Waals surface area contributed by atoms with Gasteiger partial charge in [-0.1, -0.05) is 13.8 Å². The minimum atomic E-state index is -2.52. The quantitative estimate of drug-likeness (QED) is 0.658. The lowest BCUT2D eigenvalue weighted by Crippen LogP contribution is -2.52. The monoisotopic (exact) mass is 263 g/mol. The Morgan fingerprint density at radius 1 is 1.47 bits per heavy atom. The highest BCUT2D eigenvalue weighted by molar-refractivity contribution is 6.60. The van der Waals surface area contributed by atoms with Crippen molar-refractivity contribution in [3.8, 4) is 0 Å². The molecule has 1 fully saturated rings. The van der Waals surface area contributed by atoms with Gasteiger partial charge in [0.05, 0.1) is 0 Å². The summed E-state index contributed by atoms with van der Waals surface area (Å²) in [6.07, 6.45) is 0.855. The van der Waals surface area contributed by atoms with Crippen LogP contribution in [0.5, 0.6) is 0 Å². The Balaban J connectivity index is 2.47. The van der Waals surface area contributed by atoms with Crippen LogP contribution in [0, 0.1) is 11.8 Å². The Morgan fingerprint density at radius 3 is 2.65 bits per heavy atom. The maximum absolute atomic E-state index is 9.00. The number of aliphatic hydroxyl groups excluding tert-OH is 1. The van der Waals surface area contributed by atoms with Crippen molar-refractivity contribution in [2.45, 2.75) is 26.3 Å². The van der Waals surface area contributed by atoms with Crippen molar-refractivity contribution in [3.63, 3.8) is 0 Å². The SMILES string of the molecule is CC(CO)CO[Si]1(CCCN)OCC(C)CO1. The van der Waals surface area contributed by atoms with E-state index in [1.807, 2.05) is 6.92 Å². The third-order valence-electron chi connectivity index (χ3n) is 2.76. The lowest BCUT2D eigenvalue weighted by molar-refractivity contribution is -0.0132. The number of nitrogens with two attached hydrogens (primary N) is 1. The number of rotatable bonds is 7. The van der Waals surface area contributed by atoms with Gasteiger partial charge in [0.2, 0.25) is 0 Å². The molecule has 1 atom stereocenters. The first-order valence-corrected chi connectivity index (χ1v) is 8.28. The molecule has 0 radical (unpaired) electrons. The predicted octanol–water partition coefficient (Wildman–Crippen LogP) is 0.602.